The van der Waals surface area contributed by atoms with E-state index in [0.717, 1.165) is 40.4 Å². The number of aromatic nitrogens is 6. The molecule has 128 valence electrons. The van der Waals surface area contributed by atoms with Gasteiger partial charge in [0.05, 0.1) is 11.3 Å². The van der Waals surface area contributed by atoms with Crippen molar-refractivity contribution < 1.29 is 13.2 Å². The summed E-state index contributed by atoms with van der Waals surface area (Å²) in [7, 11) is 1.82. The number of nitrogens with zero attached hydrogens (tertiary/aromatic N) is 6. The fourth-order valence-corrected chi connectivity index (χ4v) is 3.49. The smallest absolute Gasteiger partial charge is 0.235 e. The van der Waals surface area contributed by atoms with E-state index in [1.807, 2.05) is 20.9 Å². The molecule has 0 saturated heterocycles. The fraction of sp³-hybridized carbons (Fsp3) is 0.200. The third kappa shape index (κ3) is 2.32. The molecule has 0 spiro atoms. The molecule has 3 heterocycles. The van der Waals surface area contributed by atoms with Crippen molar-refractivity contribution >= 4 is 16.3 Å². The Hall–Kier alpha value is -2.75. The molecule has 4 aromatic rings. The number of halogens is 3. The van der Waals surface area contributed by atoms with Gasteiger partial charge in [-0.3, -0.25) is 4.68 Å². The topological polar surface area (TPSA) is 60.9 Å². The summed E-state index contributed by atoms with van der Waals surface area (Å²) in [4.78, 5) is 0.456. The molecule has 1 aromatic carbocycles. The van der Waals surface area contributed by atoms with E-state index in [4.69, 9.17) is 0 Å². The van der Waals surface area contributed by atoms with Crippen LogP contribution in [0.2, 0.25) is 0 Å². The summed E-state index contributed by atoms with van der Waals surface area (Å²) in [6, 6.07) is 1.81. The first-order valence-corrected chi connectivity index (χ1v) is 8.06. The fourth-order valence-electron chi connectivity index (χ4n) is 2.67. The molecule has 0 fully saturated rings. The van der Waals surface area contributed by atoms with E-state index in [0.29, 0.717) is 15.8 Å². The highest BCUT2D eigenvalue weighted by Crippen LogP contribution is 2.31. The molecule has 0 saturated carbocycles. The van der Waals surface area contributed by atoms with Crippen LogP contribution in [-0.2, 0) is 7.05 Å². The van der Waals surface area contributed by atoms with Gasteiger partial charge in [0.25, 0.3) is 0 Å². The lowest BCUT2D eigenvalue weighted by Crippen LogP contribution is -1.96. The summed E-state index contributed by atoms with van der Waals surface area (Å²) < 4.78 is 43.3. The van der Waals surface area contributed by atoms with Gasteiger partial charge in [0, 0.05) is 18.3 Å². The minimum Gasteiger partial charge on any atom is -0.272 e. The van der Waals surface area contributed by atoms with Crippen LogP contribution in [0, 0.1) is 31.3 Å². The first-order chi connectivity index (χ1) is 11.9. The average molecular weight is 364 g/mol. The average Bonchev–Trinajstić information content (AvgIpc) is 3.19. The highest BCUT2D eigenvalue weighted by molar-refractivity contribution is 7.19. The Bertz CT molecular complexity index is 1100. The number of aryl methyl sites for hydroxylation is 2. The largest absolute Gasteiger partial charge is 0.272 e. The van der Waals surface area contributed by atoms with Crippen molar-refractivity contribution in [2.24, 2.45) is 7.05 Å². The van der Waals surface area contributed by atoms with Gasteiger partial charge in [-0.1, -0.05) is 11.3 Å². The van der Waals surface area contributed by atoms with Crippen molar-refractivity contribution in [2.75, 3.05) is 0 Å². The summed E-state index contributed by atoms with van der Waals surface area (Å²) in [6.07, 6.45) is 0. The van der Waals surface area contributed by atoms with E-state index in [9.17, 15) is 13.2 Å². The van der Waals surface area contributed by atoms with Gasteiger partial charge in [-0.2, -0.15) is 14.7 Å². The molecule has 4 rings (SSSR count). The zero-order valence-electron chi connectivity index (χ0n) is 13.4. The second-order valence-electron chi connectivity index (χ2n) is 5.55. The highest BCUT2D eigenvalue weighted by Gasteiger charge is 2.21. The van der Waals surface area contributed by atoms with Crippen LogP contribution in [0.4, 0.5) is 13.2 Å². The SMILES string of the molecule is Cc1nn(C)c(C)c1-c1nnc2sc(-c3cc(F)c(F)c(F)c3)nn12. The molecule has 0 aliphatic heterocycles. The molecule has 0 amide bonds. The Balaban J connectivity index is 1.90. The third-order valence-corrected chi connectivity index (χ3v) is 4.90. The van der Waals surface area contributed by atoms with Crippen LogP contribution in [-0.4, -0.2) is 29.6 Å². The maximum atomic E-state index is 13.5. The van der Waals surface area contributed by atoms with Crippen LogP contribution in [0.1, 0.15) is 11.4 Å². The summed E-state index contributed by atoms with van der Waals surface area (Å²) in [6.45, 7) is 3.75. The van der Waals surface area contributed by atoms with E-state index in [1.165, 1.54) is 4.52 Å². The van der Waals surface area contributed by atoms with Gasteiger partial charge in [-0.15, -0.1) is 10.2 Å². The molecule has 0 N–H and O–H groups in total. The monoisotopic (exact) mass is 364 g/mol. The number of rotatable bonds is 2. The van der Waals surface area contributed by atoms with Crippen LogP contribution < -0.4 is 0 Å². The van der Waals surface area contributed by atoms with E-state index in [-0.39, 0.29) is 5.56 Å². The Labute approximate surface area is 143 Å². The van der Waals surface area contributed by atoms with Crippen molar-refractivity contribution in [1.82, 2.24) is 29.6 Å². The maximum Gasteiger partial charge on any atom is 0.235 e. The minimum atomic E-state index is -1.51. The molecule has 0 atom stereocenters. The molecule has 0 aliphatic carbocycles. The van der Waals surface area contributed by atoms with Gasteiger partial charge in [0.2, 0.25) is 4.96 Å². The number of fused-ring (bicyclic) bond motifs is 1. The van der Waals surface area contributed by atoms with Crippen LogP contribution in [0.15, 0.2) is 12.1 Å². The van der Waals surface area contributed by atoms with Crippen LogP contribution in [0.5, 0.6) is 0 Å². The molecule has 0 unspecified atom stereocenters. The predicted octanol–water partition coefficient (Wildman–Crippen LogP) is 3.29. The molecule has 25 heavy (non-hydrogen) atoms. The second-order valence-corrected chi connectivity index (χ2v) is 6.50. The van der Waals surface area contributed by atoms with Gasteiger partial charge >= 0.3 is 0 Å². The molecule has 10 heteroatoms. The first-order valence-electron chi connectivity index (χ1n) is 7.24. The molecule has 3 aromatic heterocycles. The molecule has 0 radical (unpaired) electrons. The predicted molar refractivity (Wildman–Crippen MR) is 85.6 cm³/mol. The molecular weight excluding hydrogens is 353 g/mol. The van der Waals surface area contributed by atoms with Crippen LogP contribution in [0.25, 0.3) is 26.9 Å². The maximum absolute atomic E-state index is 13.5. The third-order valence-electron chi connectivity index (χ3n) is 3.95. The van der Waals surface area contributed by atoms with Crippen molar-refractivity contribution in [3.05, 3.63) is 41.0 Å². The van der Waals surface area contributed by atoms with Gasteiger partial charge in [0.1, 0.15) is 5.01 Å². The first kappa shape index (κ1) is 15.8. The molecule has 0 bridgehead atoms. The van der Waals surface area contributed by atoms with E-state index < -0.39 is 17.5 Å². The summed E-state index contributed by atoms with van der Waals surface area (Å²) in [5.41, 5.74) is 2.59. The standard InChI is InChI=1S/C15H11F3N6S/c1-6-11(7(2)23(3)21-6)13-19-20-15-24(13)22-14(25-15)8-4-9(16)12(18)10(17)5-8/h4-5H,1-3H3. The second kappa shape index (κ2) is 5.38. The Morgan fingerprint density at radius 1 is 1.00 bits per heavy atom. The number of benzene rings is 1. The summed E-state index contributed by atoms with van der Waals surface area (Å²) in [5.74, 6) is -3.54. The van der Waals surface area contributed by atoms with Gasteiger partial charge < -0.3 is 0 Å². The van der Waals surface area contributed by atoms with Gasteiger partial charge in [0.15, 0.2) is 23.3 Å². The zero-order chi connectivity index (χ0) is 17.9. The Morgan fingerprint density at radius 3 is 2.28 bits per heavy atom. The van der Waals surface area contributed by atoms with Crippen molar-refractivity contribution in [2.45, 2.75) is 13.8 Å². The van der Waals surface area contributed by atoms with Gasteiger partial charge in [-0.25, -0.2) is 13.2 Å². The summed E-state index contributed by atoms with van der Waals surface area (Å²) >= 11 is 1.10. The zero-order valence-corrected chi connectivity index (χ0v) is 14.2. The lowest BCUT2D eigenvalue weighted by Gasteiger charge is -2.00. The quantitative estimate of drug-likeness (QED) is 0.512. The van der Waals surface area contributed by atoms with Crippen molar-refractivity contribution in [1.29, 1.82) is 0 Å². The van der Waals surface area contributed by atoms with Crippen molar-refractivity contribution in [3.8, 4) is 22.0 Å². The lowest BCUT2D eigenvalue weighted by molar-refractivity contribution is 0.447. The van der Waals surface area contributed by atoms with E-state index >= 15 is 0 Å². The number of hydrogen-bond acceptors (Lipinski definition) is 5. The molecule has 6 nitrogen and oxygen atoms in total. The van der Waals surface area contributed by atoms with E-state index in [2.05, 4.69) is 20.4 Å². The summed E-state index contributed by atoms with van der Waals surface area (Å²) in [5, 5.41) is 17.2. The number of hydrogen-bond donors (Lipinski definition) is 0. The van der Waals surface area contributed by atoms with Crippen LogP contribution >= 0.6 is 11.3 Å². The minimum absolute atomic E-state index is 0.137. The van der Waals surface area contributed by atoms with Crippen molar-refractivity contribution in [3.63, 3.8) is 0 Å². The highest BCUT2D eigenvalue weighted by atomic mass is 32.1. The molecular formula is C15H11F3N6S. The molecule has 0 aliphatic rings. The Kier molecular flexibility index (Phi) is 3.39. The van der Waals surface area contributed by atoms with Gasteiger partial charge in [-0.05, 0) is 26.0 Å². The lowest BCUT2D eigenvalue weighted by atomic mass is 10.2. The Morgan fingerprint density at radius 2 is 1.68 bits per heavy atom. The normalized spacial score (nSPS) is 11.6. The van der Waals surface area contributed by atoms with E-state index in [1.54, 1.807) is 4.68 Å². The van der Waals surface area contributed by atoms with Crippen LogP contribution in [0.3, 0.4) is 0 Å².